The number of hydrogen-bond donors (Lipinski definition) is 4. The summed E-state index contributed by atoms with van der Waals surface area (Å²) in [6.07, 6.45) is 1.87. The highest BCUT2D eigenvalue weighted by molar-refractivity contribution is 5.83. The lowest BCUT2D eigenvalue weighted by atomic mass is 9.94. The molecule has 0 spiro atoms. The van der Waals surface area contributed by atoms with E-state index >= 15 is 0 Å². The van der Waals surface area contributed by atoms with Crippen molar-refractivity contribution in [3.63, 3.8) is 0 Å². The molecule has 1 aliphatic rings. The molecule has 0 radical (unpaired) electrons. The Bertz CT molecular complexity index is 772. The van der Waals surface area contributed by atoms with E-state index in [0.29, 0.717) is 23.3 Å². The monoisotopic (exact) mass is 320 g/mol. The van der Waals surface area contributed by atoms with Gasteiger partial charge in [-0.3, -0.25) is 4.57 Å². The Labute approximate surface area is 131 Å². The van der Waals surface area contributed by atoms with Gasteiger partial charge < -0.3 is 20.7 Å². The molecule has 0 unspecified atom stereocenters. The summed E-state index contributed by atoms with van der Waals surface area (Å²) in [5, 5.41) is 23.7. The minimum atomic E-state index is -1.66. The molecule has 0 amide bonds. The maximum absolute atomic E-state index is 10.5. The number of imidazole rings is 1. The summed E-state index contributed by atoms with van der Waals surface area (Å²) in [5.41, 5.74) is 12.7. The number of rotatable bonds is 4. The van der Waals surface area contributed by atoms with Crippen molar-refractivity contribution < 1.29 is 14.9 Å². The van der Waals surface area contributed by atoms with Gasteiger partial charge in [-0.2, -0.15) is 0 Å². The lowest BCUT2D eigenvalue weighted by molar-refractivity contribution is -0.126. The van der Waals surface area contributed by atoms with E-state index in [1.54, 1.807) is 16.8 Å². The summed E-state index contributed by atoms with van der Waals surface area (Å²) in [7, 11) is 0. The summed E-state index contributed by atoms with van der Waals surface area (Å²) in [6.45, 7) is 1.29. The summed E-state index contributed by atoms with van der Waals surface area (Å²) in [6, 6.07) is 1.65. The van der Waals surface area contributed by atoms with Crippen LogP contribution in [0.3, 0.4) is 0 Å². The molecule has 4 atom stereocenters. The molecule has 0 aromatic carbocycles. The average molecular weight is 320 g/mol. The molecule has 3 heterocycles. The summed E-state index contributed by atoms with van der Waals surface area (Å²) >= 11 is 0. The minimum Gasteiger partial charge on any atom is -0.397 e. The van der Waals surface area contributed by atoms with Crippen LogP contribution >= 0.6 is 0 Å². The number of aromatic nitrogens is 3. The number of nitrogen functional groups attached to an aromatic ring is 1. The van der Waals surface area contributed by atoms with Gasteiger partial charge >= 0.3 is 0 Å². The first-order chi connectivity index (χ1) is 11.1. The Morgan fingerprint density at radius 1 is 1.57 bits per heavy atom. The third-order valence-corrected chi connectivity index (χ3v) is 4.24. The molecular weight excluding hydrogens is 302 g/mol. The highest BCUT2D eigenvalue weighted by Crippen LogP contribution is 2.44. The van der Waals surface area contributed by atoms with Crippen LogP contribution < -0.4 is 10.6 Å². The first kappa shape index (κ1) is 15.5. The van der Waals surface area contributed by atoms with Crippen LogP contribution in [0.25, 0.3) is 11.2 Å². The van der Waals surface area contributed by atoms with Gasteiger partial charge in [0.15, 0.2) is 10.8 Å². The molecule has 23 heavy (non-hydrogen) atoms. The molecule has 0 saturated carbocycles. The van der Waals surface area contributed by atoms with E-state index in [1.165, 1.54) is 6.33 Å². The van der Waals surface area contributed by atoms with Gasteiger partial charge in [-0.15, -0.1) is 0 Å². The second-order valence-corrected chi connectivity index (χ2v) is 5.45. The molecule has 0 aliphatic carbocycles. The fraction of sp³-hybridized carbons (Fsp3) is 0.538. The van der Waals surface area contributed by atoms with Crippen LogP contribution in [0.2, 0.25) is 0 Å². The number of anilines is 1. The zero-order valence-electron chi connectivity index (χ0n) is 12.5. The van der Waals surface area contributed by atoms with Crippen LogP contribution in [-0.4, -0.2) is 43.2 Å². The third kappa shape index (κ3) is 2.20. The highest BCUT2D eigenvalue weighted by Gasteiger charge is 2.58. The van der Waals surface area contributed by atoms with Crippen LogP contribution in [-0.2, 0) is 4.74 Å². The molecule has 2 aromatic rings. The largest absolute Gasteiger partial charge is 0.397 e. The summed E-state index contributed by atoms with van der Waals surface area (Å²) in [4.78, 5) is 11.4. The zero-order chi connectivity index (χ0) is 16.6. The predicted molar refractivity (Wildman–Crippen MR) is 78.9 cm³/mol. The second kappa shape index (κ2) is 5.67. The van der Waals surface area contributed by atoms with Gasteiger partial charge in [-0.25, -0.2) is 9.97 Å². The number of aliphatic hydroxyl groups excluding tert-OH is 2. The van der Waals surface area contributed by atoms with Crippen molar-refractivity contribution >= 4 is 16.9 Å². The molecule has 10 nitrogen and oxygen atoms in total. The first-order valence-electron chi connectivity index (χ1n) is 7.20. The molecular formula is C13H18N7O3+. The van der Waals surface area contributed by atoms with Gasteiger partial charge in [0.05, 0.1) is 12.0 Å². The van der Waals surface area contributed by atoms with E-state index in [0.717, 1.165) is 0 Å². The Kier molecular flexibility index (Phi) is 3.82. The molecule has 5 N–H and O–H groups in total. The molecule has 1 aliphatic heterocycles. The maximum atomic E-state index is 10.5. The lowest BCUT2D eigenvalue weighted by Gasteiger charge is -2.19. The van der Waals surface area contributed by atoms with Crippen LogP contribution in [0.1, 0.15) is 19.6 Å². The fourth-order valence-corrected chi connectivity index (χ4v) is 3.01. The van der Waals surface area contributed by atoms with Crippen LogP contribution in [0.15, 0.2) is 23.7 Å². The second-order valence-electron chi connectivity index (χ2n) is 5.45. The van der Waals surface area contributed by atoms with Gasteiger partial charge in [0.25, 0.3) is 5.72 Å². The zero-order valence-corrected chi connectivity index (χ0v) is 12.5. The van der Waals surface area contributed by atoms with Gasteiger partial charge in [0.1, 0.15) is 30.0 Å². The van der Waals surface area contributed by atoms with Gasteiger partial charge in [-0.1, -0.05) is 6.92 Å². The number of hydrogen-bond acceptors (Lipinski definition) is 8. The number of ether oxygens (including phenoxy) is 1. The van der Waals surface area contributed by atoms with E-state index in [1.807, 2.05) is 6.92 Å². The molecule has 3 rings (SSSR count). The molecule has 1 saturated heterocycles. The number of nitrogens with two attached hydrogens (primary N) is 1. The molecule has 0 bridgehead atoms. The molecule has 10 heteroatoms. The summed E-state index contributed by atoms with van der Waals surface area (Å²) in [5.74, 6) is -0.381. The highest BCUT2D eigenvalue weighted by atomic mass is 16.6. The van der Waals surface area contributed by atoms with Gasteiger partial charge in [0.2, 0.25) is 4.91 Å². The molecule has 122 valence electrons. The number of nitrogens with one attached hydrogen (secondary N) is 1. The van der Waals surface area contributed by atoms with Crippen molar-refractivity contribution in [2.75, 3.05) is 12.3 Å². The normalized spacial score (nSPS) is 30.5. The number of nitrogens with zero attached hydrogens (tertiary/aromatic N) is 5. The Hall–Kier alpha value is -2.39. The Morgan fingerprint density at radius 2 is 2.35 bits per heavy atom. The predicted octanol–water partition coefficient (Wildman–Crippen LogP) is 0.168. The van der Waals surface area contributed by atoms with Crippen molar-refractivity contribution in [1.29, 1.82) is 5.53 Å². The van der Waals surface area contributed by atoms with E-state index in [4.69, 9.17) is 16.0 Å². The van der Waals surface area contributed by atoms with Crippen molar-refractivity contribution in [2.24, 2.45) is 11.0 Å². The average Bonchev–Trinajstić information content (AvgIpc) is 3.09. The number of fused-ring (bicyclic) bond motifs is 1. The first-order valence-corrected chi connectivity index (χ1v) is 7.20. The SMILES string of the molecule is CC[C@@H]1[C@H](n2cnc3c(N)ccnc32)O[C@@](CO)(N=[N+]=N)[C@H]1O. The van der Waals surface area contributed by atoms with Crippen LogP contribution in [0.4, 0.5) is 5.69 Å². The van der Waals surface area contributed by atoms with E-state index in [9.17, 15) is 10.2 Å². The van der Waals surface area contributed by atoms with Gasteiger partial charge in [0, 0.05) is 12.1 Å². The lowest BCUT2D eigenvalue weighted by Crippen LogP contribution is -2.43. The number of aliphatic hydroxyl groups is 2. The fourth-order valence-electron chi connectivity index (χ4n) is 3.01. The quantitative estimate of drug-likeness (QED) is 0.464. The smallest absolute Gasteiger partial charge is 0.293 e. The van der Waals surface area contributed by atoms with Crippen molar-refractivity contribution in [2.45, 2.75) is 31.4 Å². The number of pyridine rings is 1. The topological polar surface area (TPSA) is 157 Å². The van der Waals surface area contributed by atoms with Crippen molar-refractivity contribution in [1.82, 2.24) is 19.4 Å². The van der Waals surface area contributed by atoms with E-state index in [2.05, 4.69) is 20.0 Å². The van der Waals surface area contributed by atoms with E-state index < -0.39 is 24.7 Å². The Balaban J connectivity index is 2.11. The minimum absolute atomic E-state index is 0.381. The molecule has 1 fully saturated rings. The standard InChI is InChI=1S/C13H18N7O3/c1-2-7-10(22)13(5-21,18-19-15)23-12(7)20-6-17-9-8(14)3-4-16-11(9)20/h3-4,6-7,10,12,15,21-22H,2,5H2,1H3,(H2,14,16)/q+1/t7-,10-,12+,13+/m0/s1. The van der Waals surface area contributed by atoms with Crippen LogP contribution in [0.5, 0.6) is 0 Å². The Morgan fingerprint density at radius 3 is 3.00 bits per heavy atom. The van der Waals surface area contributed by atoms with Crippen LogP contribution in [0, 0.1) is 11.4 Å². The maximum Gasteiger partial charge on any atom is 0.293 e. The molecule has 2 aromatic heterocycles. The van der Waals surface area contributed by atoms with Gasteiger partial charge in [-0.05, 0) is 12.5 Å². The third-order valence-electron chi connectivity index (χ3n) is 4.24. The summed E-state index contributed by atoms with van der Waals surface area (Å²) < 4.78 is 7.46. The van der Waals surface area contributed by atoms with E-state index in [-0.39, 0.29) is 5.92 Å². The van der Waals surface area contributed by atoms with Crippen molar-refractivity contribution in [3.05, 3.63) is 18.6 Å². The van der Waals surface area contributed by atoms with Crippen molar-refractivity contribution in [3.8, 4) is 0 Å².